The van der Waals surface area contributed by atoms with Crippen LogP contribution in [0.2, 0.25) is 0 Å². The minimum atomic E-state index is 0.0202. The van der Waals surface area contributed by atoms with E-state index in [-0.39, 0.29) is 12.1 Å². The van der Waals surface area contributed by atoms with E-state index in [1.165, 1.54) is 5.56 Å². The van der Waals surface area contributed by atoms with Crippen molar-refractivity contribution in [2.75, 3.05) is 0 Å². The highest BCUT2D eigenvalue weighted by atomic mass is 16.5. The molecule has 0 radical (unpaired) electrons. The Kier molecular flexibility index (Phi) is 4.99. The highest BCUT2D eigenvalue weighted by molar-refractivity contribution is 5.36. The molecule has 0 bridgehead atoms. The Hall–Kier alpha value is -2.47. The molecule has 0 spiro atoms. The van der Waals surface area contributed by atoms with Gasteiger partial charge in [0.05, 0.1) is 6.04 Å². The summed E-state index contributed by atoms with van der Waals surface area (Å²) in [7, 11) is 0. The maximum Gasteiger partial charge on any atom is 0.244 e. The van der Waals surface area contributed by atoms with Crippen molar-refractivity contribution < 1.29 is 4.52 Å². The van der Waals surface area contributed by atoms with Crippen molar-refractivity contribution >= 4 is 0 Å². The van der Waals surface area contributed by atoms with Crippen LogP contribution >= 0.6 is 0 Å². The third-order valence-corrected chi connectivity index (χ3v) is 4.40. The topological polar surface area (TPSA) is 68.8 Å². The monoisotopic (exact) mass is 339 g/mol. The Morgan fingerprint density at radius 1 is 1.08 bits per heavy atom. The number of nitrogens with zero attached hydrogens (tertiary/aromatic N) is 4. The molecule has 2 atom stereocenters. The largest absolute Gasteiger partial charge is 0.338 e. The Balaban J connectivity index is 1.76. The van der Waals surface area contributed by atoms with Crippen LogP contribution in [0.1, 0.15) is 56.0 Å². The van der Waals surface area contributed by atoms with Gasteiger partial charge >= 0.3 is 0 Å². The summed E-state index contributed by atoms with van der Waals surface area (Å²) in [6.07, 6.45) is 3.78. The van der Waals surface area contributed by atoms with E-state index in [2.05, 4.69) is 70.0 Å². The summed E-state index contributed by atoms with van der Waals surface area (Å²) in [6, 6.07) is 8.70. The lowest BCUT2D eigenvalue weighted by Gasteiger charge is -2.24. The van der Waals surface area contributed by atoms with E-state index in [1.807, 2.05) is 26.2 Å². The van der Waals surface area contributed by atoms with Crippen LogP contribution in [0.15, 0.2) is 41.2 Å². The quantitative estimate of drug-likeness (QED) is 0.737. The molecule has 2 heterocycles. The van der Waals surface area contributed by atoms with Gasteiger partial charge in [-0.05, 0) is 44.4 Å². The molecule has 6 nitrogen and oxygen atoms in total. The fourth-order valence-electron chi connectivity index (χ4n) is 2.93. The molecule has 0 aliphatic carbocycles. The number of nitrogens with one attached hydrogen (secondary N) is 1. The third-order valence-electron chi connectivity index (χ3n) is 4.40. The molecular formula is C19H25N5O. The summed E-state index contributed by atoms with van der Waals surface area (Å²) in [5, 5.41) is 7.53. The molecule has 3 rings (SSSR count). The van der Waals surface area contributed by atoms with E-state index >= 15 is 0 Å². The van der Waals surface area contributed by atoms with Crippen LogP contribution in [0.5, 0.6) is 0 Å². The molecule has 0 aliphatic rings. The Morgan fingerprint density at radius 3 is 2.32 bits per heavy atom. The fraction of sp³-hybridized carbons (Fsp3) is 0.421. The lowest BCUT2D eigenvalue weighted by molar-refractivity contribution is 0.273. The number of aryl methyl sites for hydroxylation is 2. The molecular weight excluding hydrogens is 314 g/mol. The second-order valence-electron chi connectivity index (χ2n) is 6.73. The SMILES string of the molecule is Cc1noc([C@H](N[C@H](C)c2ccc(-n3ccnc3C)cc2)C(C)C)n1. The van der Waals surface area contributed by atoms with E-state index < -0.39 is 0 Å². The van der Waals surface area contributed by atoms with Gasteiger partial charge in [0.1, 0.15) is 5.82 Å². The Bertz CT molecular complexity index is 818. The summed E-state index contributed by atoms with van der Waals surface area (Å²) in [4.78, 5) is 8.66. The van der Waals surface area contributed by atoms with E-state index in [0.717, 1.165) is 11.5 Å². The molecule has 25 heavy (non-hydrogen) atoms. The first kappa shape index (κ1) is 17.4. The molecule has 0 saturated carbocycles. The van der Waals surface area contributed by atoms with E-state index in [0.29, 0.717) is 17.6 Å². The molecule has 2 aromatic heterocycles. The van der Waals surface area contributed by atoms with Gasteiger partial charge in [0, 0.05) is 24.1 Å². The van der Waals surface area contributed by atoms with Crippen molar-refractivity contribution in [3.05, 3.63) is 59.8 Å². The average Bonchev–Trinajstić information content (AvgIpc) is 3.20. The highest BCUT2D eigenvalue weighted by Gasteiger charge is 2.24. The molecule has 132 valence electrons. The van der Waals surface area contributed by atoms with Gasteiger partial charge in [0.25, 0.3) is 0 Å². The molecule has 1 aromatic carbocycles. The number of rotatable bonds is 6. The smallest absolute Gasteiger partial charge is 0.244 e. The molecule has 3 aromatic rings. The van der Waals surface area contributed by atoms with Gasteiger partial charge in [-0.25, -0.2) is 4.98 Å². The zero-order valence-electron chi connectivity index (χ0n) is 15.4. The molecule has 6 heteroatoms. The normalized spacial score (nSPS) is 14.0. The fourth-order valence-corrected chi connectivity index (χ4v) is 2.93. The Morgan fingerprint density at radius 2 is 1.80 bits per heavy atom. The van der Waals surface area contributed by atoms with Crippen LogP contribution in [-0.2, 0) is 0 Å². The summed E-state index contributed by atoms with van der Waals surface area (Å²) in [5.74, 6) is 2.63. The van der Waals surface area contributed by atoms with Crippen LogP contribution in [0.3, 0.4) is 0 Å². The van der Waals surface area contributed by atoms with Gasteiger partial charge in [-0.15, -0.1) is 0 Å². The zero-order chi connectivity index (χ0) is 18.0. The van der Waals surface area contributed by atoms with E-state index in [4.69, 9.17) is 4.52 Å². The predicted molar refractivity (Wildman–Crippen MR) is 96.5 cm³/mol. The van der Waals surface area contributed by atoms with Gasteiger partial charge in [-0.1, -0.05) is 31.1 Å². The standard InChI is InChI=1S/C19H25N5O/c1-12(2)18(19-22-14(4)23-25-19)21-13(3)16-6-8-17(9-7-16)24-11-10-20-15(24)5/h6-13,18,21H,1-5H3/t13-,18-/m1/s1. The number of hydrogen-bond acceptors (Lipinski definition) is 5. The average molecular weight is 339 g/mol. The summed E-state index contributed by atoms with van der Waals surface area (Å²) in [5.41, 5.74) is 2.32. The lowest BCUT2D eigenvalue weighted by atomic mass is 10.0. The van der Waals surface area contributed by atoms with Crippen LogP contribution in [0.4, 0.5) is 0 Å². The van der Waals surface area contributed by atoms with Gasteiger partial charge in [-0.3, -0.25) is 5.32 Å². The first-order valence-electron chi connectivity index (χ1n) is 8.62. The maximum atomic E-state index is 5.37. The minimum Gasteiger partial charge on any atom is -0.338 e. The second-order valence-corrected chi connectivity index (χ2v) is 6.73. The first-order chi connectivity index (χ1) is 12.0. The molecule has 0 amide bonds. The lowest BCUT2D eigenvalue weighted by Crippen LogP contribution is -2.28. The van der Waals surface area contributed by atoms with Crippen LogP contribution in [0, 0.1) is 19.8 Å². The number of aromatic nitrogens is 4. The summed E-state index contributed by atoms with van der Waals surface area (Å²) >= 11 is 0. The van der Waals surface area contributed by atoms with Crippen molar-refractivity contribution in [2.45, 2.75) is 46.7 Å². The summed E-state index contributed by atoms with van der Waals surface area (Å²) < 4.78 is 7.44. The highest BCUT2D eigenvalue weighted by Crippen LogP contribution is 2.25. The van der Waals surface area contributed by atoms with E-state index in [1.54, 1.807) is 0 Å². The number of hydrogen-bond donors (Lipinski definition) is 1. The van der Waals surface area contributed by atoms with Gasteiger partial charge < -0.3 is 9.09 Å². The minimum absolute atomic E-state index is 0.0202. The van der Waals surface area contributed by atoms with Crippen molar-refractivity contribution in [1.82, 2.24) is 25.0 Å². The molecule has 1 N–H and O–H groups in total. The molecule has 0 saturated heterocycles. The predicted octanol–water partition coefficient (Wildman–Crippen LogP) is 3.92. The van der Waals surface area contributed by atoms with Crippen molar-refractivity contribution in [3.8, 4) is 5.69 Å². The third kappa shape index (κ3) is 3.79. The maximum absolute atomic E-state index is 5.37. The van der Waals surface area contributed by atoms with Crippen molar-refractivity contribution in [3.63, 3.8) is 0 Å². The molecule has 0 fully saturated rings. The first-order valence-corrected chi connectivity index (χ1v) is 8.62. The number of benzene rings is 1. The van der Waals surface area contributed by atoms with Crippen molar-refractivity contribution in [2.24, 2.45) is 5.92 Å². The van der Waals surface area contributed by atoms with Crippen molar-refractivity contribution in [1.29, 1.82) is 0 Å². The molecule has 0 aliphatic heterocycles. The molecule has 0 unspecified atom stereocenters. The Labute approximate surface area is 148 Å². The number of imidazole rings is 1. The van der Waals surface area contributed by atoms with Gasteiger partial charge in [-0.2, -0.15) is 4.98 Å². The van der Waals surface area contributed by atoms with Crippen LogP contribution in [0.25, 0.3) is 5.69 Å². The second kappa shape index (κ2) is 7.19. The zero-order valence-corrected chi connectivity index (χ0v) is 15.4. The van der Waals surface area contributed by atoms with Gasteiger partial charge in [0.15, 0.2) is 5.82 Å². The van der Waals surface area contributed by atoms with Crippen LogP contribution in [-0.4, -0.2) is 19.7 Å². The van der Waals surface area contributed by atoms with Gasteiger partial charge in [0.2, 0.25) is 5.89 Å². The van der Waals surface area contributed by atoms with E-state index in [9.17, 15) is 0 Å². The summed E-state index contributed by atoms with van der Waals surface area (Å²) in [6.45, 7) is 10.3. The van der Waals surface area contributed by atoms with Crippen LogP contribution < -0.4 is 5.32 Å².